The molecule has 0 N–H and O–H groups in total. The van der Waals surface area contributed by atoms with E-state index in [4.69, 9.17) is 0 Å². The molecule has 103 heavy (non-hydrogen) atoms. The van der Waals surface area contributed by atoms with Gasteiger partial charge in [0.05, 0.1) is 71.6 Å². The summed E-state index contributed by atoms with van der Waals surface area (Å²) in [7, 11) is 0. The van der Waals surface area contributed by atoms with Crippen LogP contribution in [0.15, 0.2) is 352 Å². The molecule has 0 amide bonds. The molecule has 0 aliphatic heterocycles. The number of rotatable bonds is 6. The van der Waals surface area contributed by atoms with Gasteiger partial charge < -0.3 is 27.4 Å². The number of hydrogen-bond acceptors (Lipinski definition) is 0. The van der Waals surface area contributed by atoms with E-state index in [1.165, 1.54) is 153 Å². The van der Waals surface area contributed by atoms with Crippen LogP contribution in [0.5, 0.6) is 0 Å². The predicted molar refractivity (Wildman–Crippen MR) is 429 cm³/mol. The standard InChI is InChI=1S/C97H58N6/c1-11-31-81-65(21-1)66-22-2-12-32-82(66)97(81)83-57-63(102-93-49-43-59(98-85-33-13-3-23-69(85)70-24-4-14-34-86(70)98)53-77(93)78-54-60(44-50-94(78)102)99-87-35-15-5-25-71(87)72-26-6-16-36-88(72)99)41-47-67(83)68-48-42-64(58-84(68)97)103-95-51-45-61(100-89-37-17-7-27-73(89)74-28-8-18-38-90(74)100)55-79(95)80-56-62(46-52-96(80)103)101-91-39-19-9-29-75(91)76-30-10-20-40-92(76)101/h1-58H. The lowest BCUT2D eigenvalue weighted by Crippen LogP contribution is -2.26. The van der Waals surface area contributed by atoms with Crippen LogP contribution in [0.25, 0.3) is 187 Å². The summed E-state index contributed by atoms with van der Waals surface area (Å²) in [6.45, 7) is 0. The van der Waals surface area contributed by atoms with E-state index in [-0.39, 0.29) is 0 Å². The fraction of sp³-hybridized carbons (Fsp3) is 0.0103. The minimum Gasteiger partial charge on any atom is -0.309 e. The van der Waals surface area contributed by atoms with Gasteiger partial charge >= 0.3 is 0 Å². The Morgan fingerprint density at radius 1 is 0.136 bits per heavy atom. The highest BCUT2D eigenvalue weighted by molar-refractivity contribution is 6.17. The Hall–Kier alpha value is -13.7. The van der Waals surface area contributed by atoms with Gasteiger partial charge in [-0.3, -0.25) is 0 Å². The Balaban J connectivity index is 0.745. The molecule has 0 radical (unpaired) electrons. The van der Waals surface area contributed by atoms with Crippen LogP contribution in [-0.2, 0) is 5.41 Å². The van der Waals surface area contributed by atoms with E-state index in [1.54, 1.807) is 0 Å². The van der Waals surface area contributed by atoms with Crippen LogP contribution in [0.3, 0.4) is 0 Å². The molecule has 2 aliphatic carbocycles. The summed E-state index contributed by atoms with van der Waals surface area (Å²) in [5.41, 5.74) is 30.3. The first-order valence-electron chi connectivity index (χ1n) is 35.7. The SMILES string of the molecule is c1ccc2c(c1)-c1ccccc1C21c2cc(-n3c4ccc(-n5c6ccccc6c6ccccc65)cc4c4cc(-n5c6ccccc6c6ccccc65)ccc43)ccc2-c2ccc(-n3c4ccc(-n5c6ccccc6c6ccccc65)cc4c4cc(-n5c6ccccc6c6ccccc65)ccc43)cc21. The van der Waals surface area contributed by atoms with Crippen LogP contribution in [0.1, 0.15) is 22.3 Å². The lowest BCUT2D eigenvalue weighted by Gasteiger charge is -2.31. The van der Waals surface area contributed by atoms with E-state index in [9.17, 15) is 0 Å². The Kier molecular flexibility index (Phi) is 10.9. The Morgan fingerprint density at radius 2 is 0.320 bits per heavy atom. The first-order valence-corrected chi connectivity index (χ1v) is 35.7. The van der Waals surface area contributed by atoms with Crippen molar-refractivity contribution >= 4 is 131 Å². The lowest BCUT2D eigenvalue weighted by atomic mass is 9.70. The largest absolute Gasteiger partial charge is 0.309 e. The Morgan fingerprint density at radius 3 is 0.573 bits per heavy atom. The van der Waals surface area contributed by atoms with Crippen molar-refractivity contribution in [3.63, 3.8) is 0 Å². The molecule has 0 unspecified atom stereocenters. The summed E-state index contributed by atoms with van der Waals surface area (Å²) in [6, 6.07) is 133. The smallest absolute Gasteiger partial charge is 0.0727 e. The molecule has 16 aromatic carbocycles. The average Bonchev–Trinajstić information content (AvgIpc) is 1.50. The third-order valence-electron chi connectivity index (χ3n) is 23.4. The quantitative estimate of drug-likeness (QED) is 0.159. The molecule has 0 atom stereocenters. The highest BCUT2D eigenvalue weighted by Crippen LogP contribution is 2.64. The third-order valence-corrected chi connectivity index (χ3v) is 23.4. The van der Waals surface area contributed by atoms with Gasteiger partial charge in [0, 0.05) is 98.8 Å². The number of benzene rings is 16. The molecule has 0 bridgehead atoms. The van der Waals surface area contributed by atoms with E-state index in [0.717, 1.165) is 56.2 Å². The van der Waals surface area contributed by atoms with E-state index in [0.29, 0.717) is 0 Å². The van der Waals surface area contributed by atoms with Gasteiger partial charge in [0.15, 0.2) is 0 Å². The lowest BCUT2D eigenvalue weighted by molar-refractivity contribution is 0.791. The number of aromatic nitrogens is 6. The normalized spacial score (nSPS) is 13.1. The van der Waals surface area contributed by atoms with Gasteiger partial charge in [-0.2, -0.15) is 0 Å². The van der Waals surface area contributed by atoms with E-state index < -0.39 is 5.41 Å². The van der Waals surface area contributed by atoms with Crippen LogP contribution in [0.4, 0.5) is 0 Å². The second-order valence-electron chi connectivity index (χ2n) is 28.3. The van der Waals surface area contributed by atoms with Crippen molar-refractivity contribution in [2.45, 2.75) is 5.41 Å². The van der Waals surface area contributed by atoms with Crippen LogP contribution in [0.2, 0.25) is 0 Å². The van der Waals surface area contributed by atoms with Crippen molar-refractivity contribution < 1.29 is 0 Å². The van der Waals surface area contributed by atoms with Gasteiger partial charge in [0.2, 0.25) is 0 Å². The summed E-state index contributed by atoms with van der Waals surface area (Å²) >= 11 is 0. The summed E-state index contributed by atoms with van der Waals surface area (Å²) in [6.07, 6.45) is 0. The topological polar surface area (TPSA) is 29.6 Å². The van der Waals surface area contributed by atoms with Gasteiger partial charge in [-0.1, -0.05) is 206 Å². The van der Waals surface area contributed by atoms with Gasteiger partial charge in [-0.05, 0) is 190 Å². The van der Waals surface area contributed by atoms with Crippen molar-refractivity contribution in [2.75, 3.05) is 0 Å². The van der Waals surface area contributed by atoms with Crippen molar-refractivity contribution in [2.24, 2.45) is 0 Å². The highest BCUT2D eigenvalue weighted by Gasteiger charge is 2.52. The van der Waals surface area contributed by atoms with Crippen molar-refractivity contribution in [1.82, 2.24) is 27.4 Å². The monoisotopic (exact) mass is 1310 g/mol. The second kappa shape index (κ2) is 20.3. The minimum atomic E-state index is -0.678. The van der Waals surface area contributed by atoms with Gasteiger partial charge in [-0.15, -0.1) is 0 Å². The molecule has 6 heteroatoms. The number of para-hydroxylation sites is 8. The van der Waals surface area contributed by atoms with E-state index in [2.05, 4.69) is 379 Å². The molecule has 2 aliphatic rings. The van der Waals surface area contributed by atoms with Crippen LogP contribution >= 0.6 is 0 Å². The third kappa shape index (κ3) is 7.20. The number of hydrogen-bond donors (Lipinski definition) is 0. The predicted octanol–water partition coefficient (Wildman–Crippen LogP) is 24.6. The molecule has 0 fully saturated rings. The van der Waals surface area contributed by atoms with Crippen molar-refractivity contribution in [3.8, 4) is 56.4 Å². The molecule has 6 heterocycles. The molecular weight excluding hydrogens is 1250 g/mol. The molecule has 1 spiro atoms. The van der Waals surface area contributed by atoms with E-state index >= 15 is 0 Å². The number of nitrogens with zero attached hydrogens (tertiary/aromatic N) is 6. The average molecular weight is 1310 g/mol. The zero-order valence-electron chi connectivity index (χ0n) is 55.7. The van der Waals surface area contributed by atoms with Crippen molar-refractivity contribution in [3.05, 3.63) is 374 Å². The summed E-state index contributed by atoms with van der Waals surface area (Å²) in [5, 5.41) is 14.7. The minimum absolute atomic E-state index is 0.678. The zero-order valence-corrected chi connectivity index (χ0v) is 55.7. The fourth-order valence-electron chi connectivity index (χ4n) is 19.3. The first kappa shape index (κ1) is 55.2. The zero-order chi connectivity index (χ0) is 66.9. The van der Waals surface area contributed by atoms with Crippen molar-refractivity contribution in [1.29, 1.82) is 0 Å². The molecule has 24 rings (SSSR count). The van der Waals surface area contributed by atoms with Crippen LogP contribution < -0.4 is 0 Å². The van der Waals surface area contributed by atoms with E-state index in [1.807, 2.05) is 0 Å². The summed E-state index contributed by atoms with van der Waals surface area (Å²) < 4.78 is 14.9. The van der Waals surface area contributed by atoms with Gasteiger partial charge in [-0.25, -0.2) is 0 Å². The molecule has 0 saturated carbocycles. The second-order valence-corrected chi connectivity index (χ2v) is 28.3. The Labute approximate surface area is 590 Å². The van der Waals surface area contributed by atoms with Gasteiger partial charge in [0.1, 0.15) is 0 Å². The first-order chi connectivity index (χ1) is 51.1. The fourth-order valence-corrected chi connectivity index (χ4v) is 19.3. The maximum absolute atomic E-state index is 2.56. The summed E-state index contributed by atoms with van der Waals surface area (Å²) in [4.78, 5) is 0. The molecule has 6 nitrogen and oxygen atoms in total. The van der Waals surface area contributed by atoms with Crippen LogP contribution in [-0.4, -0.2) is 27.4 Å². The van der Waals surface area contributed by atoms with Crippen LogP contribution in [0, 0.1) is 0 Å². The summed E-state index contributed by atoms with van der Waals surface area (Å²) in [5.74, 6) is 0. The molecule has 476 valence electrons. The number of fused-ring (bicyclic) bond motifs is 28. The maximum atomic E-state index is 2.56. The molecular formula is C97H58N6. The molecule has 0 saturated heterocycles. The molecule has 6 aromatic heterocycles. The highest BCUT2D eigenvalue weighted by atomic mass is 15.0. The Bertz CT molecular complexity index is 6520. The molecule has 22 aromatic rings. The maximum Gasteiger partial charge on any atom is 0.0727 e. The van der Waals surface area contributed by atoms with Gasteiger partial charge in [0.25, 0.3) is 0 Å².